The summed E-state index contributed by atoms with van der Waals surface area (Å²) in [5.74, 6) is 0. The molecule has 7 heteroatoms. The van der Waals surface area contributed by atoms with E-state index in [0.29, 0.717) is 13.1 Å². The number of alkyl halides is 3. The van der Waals surface area contributed by atoms with E-state index in [4.69, 9.17) is 0 Å². The van der Waals surface area contributed by atoms with Gasteiger partial charge >= 0.3 is 12.2 Å². The summed E-state index contributed by atoms with van der Waals surface area (Å²) in [6, 6.07) is -0.635. The van der Waals surface area contributed by atoms with Gasteiger partial charge in [0.15, 0.2) is 0 Å². The average molecular weight is 253 g/mol. The van der Waals surface area contributed by atoms with Crippen LogP contribution in [0.1, 0.15) is 19.3 Å². The number of hydrogen-bond acceptors (Lipinski definition) is 2. The Morgan fingerprint density at radius 2 is 2.12 bits per heavy atom. The first kappa shape index (κ1) is 14.1. The molecule has 0 aliphatic carbocycles. The third-order valence-corrected chi connectivity index (χ3v) is 2.77. The third-order valence-electron chi connectivity index (χ3n) is 2.77. The number of nitrogens with one attached hydrogen (secondary N) is 2. The van der Waals surface area contributed by atoms with E-state index in [2.05, 4.69) is 5.32 Å². The summed E-state index contributed by atoms with van der Waals surface area (Å²) in [6.07, 6.45) is -1.67. The molecule has 1 rings (SSSR count). The number of urea groups is 1. The molecule has 1 atom stereocenters. The van der Waals surface area contributed by atoms with E-state index in [0.717, 1.165) is 19.3 Å². The lowest BCUT2D eigenvalue weighted by atomic mass is 10.0. The number of likely N-dealkylation sites (N-methyl/N-ethyl adjacent to an activating group) is 1. The molecular formula is C10H18F3N3O. The number of hydrogen-bond donors (Lipinski definition) is 2. The van der Waals surface area contributed by atoms with Crippen LogP contribution in [0.3, 0.4) is 0 Å². The molecule has 1 aliphatic heterocycles. The van der Waals surface area contributed by atoms with E-state index in [1.54, 1.807) is 7.05 Å². The van der Waals surface area contributed by atoms with Crippen LogP contribution in [-0.2, 0) is 0 Å². The number of carbonyl (C=O) groups excluding carboxylic acids is 1. The van der Waals surface area contributed by atoms with Crippen LogP contribution in [0.4, 0.5) is 18.0 Å². The molecule has 1 aliphatic rings. The van der Waals surface area contributed by atoms with Gasteiger partial charge < -0.3 is 15.5 Å². The van der Waals surface area contributed by atoms with Crippen LogP contribution < -0.4 is 10.6 Å². The molecule has 0 radical (unpaired) electrons. The second-order valence-corrected chi connectivity index (χ2v) is 4.17. The molecule has 4 nitrogen and oxygen atoms in total. The molecule has 0 aromatic rings. The maximum atomic E-state index is 12.0. The van der Waals surface area contributed by atoms with Crippen LogP contribution in [0.25, 0.3) is 0 Å². The number of amides is 2. The molecule has 0 aromatic heterocycles. The molecule has 0 spiro atoms. The fourth-order valence-corrected chi connectivity index (χ4v) is 1.99. The topological polar surface area (TPSA) is 44.4 Å². The summed E-state index contributed by atoms with van der Waals surface area (Å²) in [4.78, 5) is 13.1. The van der Waals surface area contributed by atoms with Crippen molar-refractivity contribution in [3.8, 4) is 0 Å². The highest BCUT2D eigenvalue weighted by Crippen LogP contribution is 2.17. The summed E-state index contributed by atoms with van der Waals surface area (Å²) in [5.41, 5.74) is 0. The van der Waals surface area contributed by atoms with Crippen molar-refractivity contribution in [1.82, 2.24) is 15.5 Å². The summed E-state index contributed by atoms with van der Waals surface area (Å²) in [7, 11) is 1.76. The molecule has 0 saturated carbocycles. The Labute approximate surface area is 98.5 Å². The van der Waals surface area contributed by atoms with Crippen molar-refractivity contribution >= 4 is 6.03 Å². The van der Waals surface area contributed by atoms with E-state index < -0.39 is 18.8 Å². The molecule has 1 unspecified atom stereocenters. The summed E-state index contributed by atoms with van der Waals surface area (Å²) in [6.45, 7) is -0.135. The number of rotatable bonds is 3. The fraction of sp³-hybridized carbons (Fsp3) is 0.900. The maximum Gasteiger partial charge on any atom is 0.405 e. The minimum atomic E-state index is -4.36. The van der Waals surface area contributed by atoms with Gasteiger partial charge in [-0.05, 0) is 26.3 Å². The second-order valence-electron chi connectivity index (χ2n) is 4.17. The Morgan fingerprint density at radius 1 is 1.41 bits per heavy atom. The SMILES string of the molecule is CNCC1CCCCN1C(=O)NCC(F)(F)F. The van der Waals surface area contributed by atoms with Crippen molar-refractivity contribution in [3.05, 3.63) is 0 Å². The molecule has 1 saturated heterocycles. The lowest BCUT2D eigenvalue weighted by molar-refractivity contribution is -0.123. The van der Waals surface area contributed by atoms with Gasteiger partial charge in [-0.2, -0.15) is 13.2 Å². The Hall–Kier alpha value is -0.980. The standard InChI is InChI=1S/C10H18F3N3O/c1-14-6-8-4-2-3-5-16(8)9(17)15-7-10(11,12)13/h8,14H,2-7H2,1H3,(H,15,17). The lowest BCUT2D eigenvalue weighted by Crippen LogP contribution is -2.53. The number of carbonyl (C=O) groups is 1. The quantitative estimate of drug-likeness (QED) is 0.797. The minimum absolute atomic E-state index is 0.0121. The third kappa shape index (κ3) is 4.80. The first-order chi connectivity index (χ1) is 7.94. The van der Waals surface area contributed by atoms with E-state index in [1.165, 1.54) is 4.90 Å². The number of halogens is 3. The molecular weight excluding hydrogens is 235 g/mol. The molecule has 0 bridgehead atoms. The number of nitrogens with zero attached hydrogens (tertiary/aromatic N) is 1. The Balaban J connectivity index is 2.47. The zero-order valence-electron chi connectivity index (χ0n) is 9.81. The van der Waals surface area contributed by atoms with Crippen LogP contribution in [0.2, 0.25) is 0 Å². The summed E-state index contributed by atoms with van der Waals surface area (Å²) >= 11 is 0. The second kappa shape index (κ2) is 6.09. The first-order valence-electron chi connectivity index (χ1n) is 5.70. The summed E-state index contributed by atoms with van der Waals surface area (Å²) < 4.78 is 35.9. The van der Waals surface area contributed by atoms with E-state index >= 15 is 0 Å². The molecule has 17 heavy (non-hydrogen) atoms. The van der Waals surface area contributed by atoms with Gasteiger partial charge in [0.05, 0.1) is 0 Å². The van der Waals surface area contributed by atoms with Gasteiger partial charge in [0.1, 0.15) is 6.54 Å². The Kier molecular flexibility index (Phi) is 5.04. The van der Waals surface area contributed by atoms with Gasteiger partial charge in [-0.3, -0.25) is 0 Å². The van der Waals surface area contributed by atoms with Gasteiger partial charge in [0.2, 0.25) is 0 Å². The summed E-state index contributed by atoms with van der Waals surface area (Å²) in [5, 5.41) is 4.87. The predicted octanol–water partition coefficient (Wildman–Crippen LogP) is 1.33. The van der Waals surface area contributed by atoms with Gasteiger partial charge in [-0.25, -0.2) is 4.79 Å². The predicted molar refractivity (Wildman–Crippen MR) is 57.7 cm³/mol. The fourth-order valence-electron chi connectivity index (χ4n) is 1.99. The van der Waals surface area contributed by atoms with Gasteiger partial charge in [-0.15, -0.1) is 0 Å². The van der Waals surface area contributed by atoms with Crippen molar-refractivity contribution in [1.29, 1.82) is 0 Å². The van der Waals surface area contributed by atoms with Crippen LogP contribution >= 0.6 is 0 Å². The van der Waals surface area contributed by atoms with Crippen LogP contribution in [0.5, 0.6) is 0 Å². The zero-order chi connectivity index (χ0) is 12.9. The molecule has 2 amide bonds. The van der Waals surface area contributed by atoms with Gasteiger partial charge in [0, 0.05) is 19.1 Å². The van der Waals surface area contributed by atoms with E-state index in [-0.39, 0.29) is 6.04 Å². The van der Waals surface area contributed by atoms with Gasteiger partial charge in [-0.1, -0.05) is 0 Å². The highest BCUT2D eigenvalue weighted by molar-refractivity contribution is 5.74. The normalized spacial score (nSPS) is 21.4. The van der Waals surface area contributed by atoms with E-state index in [9.17, 15) is 18.0 Å². The monoisotopic (exact) mass is 253 g/mol. The molecule has 1 fully saturated rings. The zero-order valence-corrected chi connectivity index (χ0v) is 9.81. The van der Waals surface area contributed by atoms with Crippen LogP contribution in [-0.4, -0.2) is 49.8 Å². The van der Waals surface area contributed by atoms with Gasteiger partial charge in [0.25, 0.3) is 0 Å². The smallest absolute Gasteiger partial charge is 0.329 e. The molecule has 100 valence electrons. The lowest BCUT2D eigenvalue weighted by Gasteiger charge is -2.35. The van der Waals surface area contributed by atoms with Crippen molar-refractivity contribution in [2.45, 2.75) is 31.5 Å². The molecule has 0 aromatic carbocycles. The largest absolute Gasteiger partial charge is 0.405 e. The van der Waals surface area contributed by atoms with Crippen LogP contribution in [0.15, 0.2) is 0 Å². The highest BCUT2D eigenvalue weighted by Gasteiger charge is 2.31. The Bertz CT molecular complexity index is 256. The van der Waals surface area contributed by atoms with Crippen molar-refractivity contribution < 1.29 is 18.0 Å². The van der Waals surface area contributed by atoms with Crippen molar-refractivity contribution in [2.75, 3.05) is 26.7 Å². The minimum Gasteiger partial charge on any atom is -0.329 e. The molecule has 1 heterocycles. The maximum absolute atomic E-state index is 12.0. The first-order valence-corrected chi connectivity index (χ1v) is 5.70. The van der Waals surface area contributed by atoms with Crippen molar-refractivity contribution in [2.24, 2.45) is 0 Å². The van der Waals surface area contributed by atoms with Crippen LogP contribution in [0, 0.1) is 0 Å². The van der Waals surface area contributed by atoms with Crippen molar-refractivity contribution in [3.63, 3.8) is 0 Å². The average Bonchev–Trinajstić information content (AvgIpc) is 2.26. The van der Waals surface area contributed by atoms with E-state index in [1.807, 2.05) is 5.32 Å². The highest BCUT2D eigenvalue weighted by atomic mass is 19.4. The molecule has 2 N–H and O–H groups in total. The number of likely N-dealkylation sites (tertiary alicyclic amines) is 1. The number of piperidine rings is 1. The Morgan fingerprint density at radius 3 is 2.71 bits per heavy atom.